The molecule has 0 aliphatic rings. The van der Waals surface area contributed by atoms with E-state index in [-0.39, 0.29) is 0 Å². The standard InChI is InChI=1S/C33H29OP/c1-4-5-6-12-24-13-11-14-26(23-24)33-30-17-9-7-15-28(30)32(29-16-8-10-18-31(29)33)25-19-21-27(22-20-25)35(2,3)34/h4-23H,1-3H3/b5-4-,12-6-. The van der Waals surface area contributed by atoms with Crippen LogP contribution >= 0.6 is 7.14 Å². The Morgan fingerprint density at radius 3 is 1.66 bits per heavy atom. The molecular weight excluding hydrogens is 443 g/mol. The molecule has 5 aromatic rings. The van der Waals surface area contributed by atoms with Crippen LogP contribution in [0.3, 0.4) is 0 Å². The molecule has 2 heteroatoms. The third-order valence-electron chi connectivity index (χ3n) is 6.48. The van der Waals surface area contributed by atoms with Crippen molar-refractivity contribution in [2.75, 3.05) is 13.3 Å². The van der Waals surface area contributed by atoms with E-state index in [1.54, 1.807) is 0 Å². The molecule has 0 aliphatic heterocycles. The van der Waals surface area contributed by atoms with Gasteiger partial charge in [-0.05, 0) is 75.7 Å². The minimum Gasteiger partial charge on any atom is -0.319 e. The van der Waals surface area contributed by atoms with Crippen LogP contribution in [0.15, 0.2) is 115 Å². The number of fused-ring (bicyclic) bond motifs is 2. The van der Waals surface area contributed by atoms with Gasteiger partial charge in [0.1, 0.15) is 7.14 Å². The smallest absolute Gasteiger partial charge is 0.109 e. The number of hydrogen-bond donors (Lipinski definition) is 0. The van der Waals surface area contributed by atoms with Gasteiger partial charge in [-0.25, -0.2) is 0 Å². The molecule has 0 N–H and O–H groups in total. The van der Waals surface area contributed by atoms with E-state index in [4.69, 9.17) is 0 Å². The molecule has 0 aromatic heterocycles. The van der Waals surface area contributed by atoms with Crippen LogP contribution in [0.25, 0.3) is 49.9 Å². The first kappa shape index (κ1) is 23.1. The summed E-state index contributed by atoms with van der Waals surface area (Å²) in [7, 11) is -2.30. The summed E-state index contributed by atoms with van der Waals surface area (Å²) in [5, 5.41) is 5.82. The highest BCUT2D eigenvalue weighted by Crippen LogP contribution is 2.44. The Kier molecular flexibility index (Phi) is 6.29. The largest absolute Gasteiger partial charge is 0.319 e. The highest BCUT2D eigenvalue weighted by molar-refractivity contribution is 7.70. The van der Waals surface area contributed by atoms with Crippen LogP contribution in [0, 0.1) is 0 Å². The van der Waals surface area contributed by atoms with E-state index in [0.717, 1.165) is 10.9 Å². The maximum Gasteiger partial charge on any atom is 0.109 e. The predicted octanol–water partition coefficient (Wildman–Crippen LogP) is 9.16. The van der Waals surface area contributed by atoms with Crippen LogP contribution in [0.4, 0.5) is 0 Å². The van der Waals surface area contributed by atoms with Gasteiger partial charge >= 0.3 is 0 Å². The van der Waals surface area contributed by atoms with Crippen LogP contribution in [0.1, 0.15) is 12.5 Å². The van der Waals surface area contributed by atoms with E-state index in [1.807, 2.05) is 44.5 Å². The molecule has 0 fully saturated rings. The second-order valence-corrected chi connectivity index (χ2v) is 12.5. The summed E-state index contributed by atoms with van der Waals surface area (Å²) in [6.07, 6.45) is 8.30. The van der Waals surface area contributed by atoms with Gasteiger partial charge in [0.25, 0.3) is 0 Å². The predicted molar refractivity (Wildman–Crippen MR) is 155 cm³/mol. The maximum absolute atomic E-state index is 12.6. The summed E-state index contributed by atoms with van der Waals surface area (Å²) in [5.41, 5.74) is 6.00. The van der Waals surface area contributed by atoms with Gasteiger partial charge in [-0.15, -0.1) is 0 Å². The van der Waals surface area contributed by atoms with E-state index in [2.05, 4.69) is 97.1 Å². The van der Waals surface area contributed by atoms with Crippen molar-refractivity contribution in [2.24, 2.45) is 0 Å². The first-order valence-electron chi connectivity index (χ1n) is 12.0. The molecule has 5 aromatic carbocycles. The molecule has 172 valence electrons. The van der Waals surface area contributed by atoms with E-state index in [9.17, 15) is 4.57 Å². The van der Waals surface area contributed by atoms with Gasteiger partial charge in [-0.1, -0.05) is 115 Å². The second-order valence-electron chi connectivity index (χ2n) is 9.25. The summed E-state index contributed by atoms with van der Waals surface area (Å²) in [6, 6.07) is 34.4. The van der Waals surface area contributed by atoms with E-state index >= 15 is 0 Å². The number of allylic oxidation sites excluding steroid dienone is 3. The second kappa shape index (κ2) is 9.53. The zero-order valence-corrected chi connectivity index (χ0v) is 21.3. The van der Waals surface area contributed by atoms with Gasteiger partial charge in [0.15, 0.2) is 0 Å². The Balaban J connectivity index is 1.80. The van der Waals surface area contributed by atoms with Crippen LogP contribution in [0.2, 0.25) is 0 Å². The molecule has 0 unspecified atom stereocenters. The van der Waals surface area contributed by atoms with Gasteiger partial charge in [0.05, 0.1) is 0 Å². The first-order valence-corrected chi connectivity index (χ1v) is 14.6. The molecule has 0 heterocycles. The minimum absolute atomic E-state index is 0.911. The molecule has 0 radical (unpaired) electrons. The fourth-order valence-electron chi connectivity index (χ4n) is 4.81. The lowest BCUT2D eigenvalue weighted by molar-refractivity contribution is 0.588. The Labute approximate surface area is 207 Å². The molecule has 0 bridgehead atoms. The number of hydrogen-bond acceptors (Lipinski definition) is 1. The van der Waals surface area contributed by atoms with Crippen molar-refractivity contribution < 1.29 is 4.57 Å². The lowest BCUT2D eigenvalue weighted by atomic mass is 9.86. The van der Waals surface area contributed by atoms with Gasteiger partial charge < -0.3 is 4.57 Å². The molecule has 1 nitrogen and oxygen atoms in total. The van der Waals surface area contributed by atoms with Crippen molar-refractivity contribution in [3.05, 3.63) is 121 Å². The first-order chi connectivity index (χ1) is 17.0. The van der Waals surface area contributed by atoms with Crippen molar-refractivity contribution in [3.8, 4) is 22.3 Å². The topological polar surface area (TPSA) is 17.1 Å². The lowest BCUT2D eigenvalue weighted by Crippen LogP contribution is -2.01. The third-order valence-corrected chi connectivity index (χ3v) is 8.02. The Morgan fingerprint density at radius 1 is 0.600 bits per heavy atom. The maximum atomic E-state index is 12.6. The molecule has 0 atom stereocenters. The Bertz CT molecular complexity index is 1580. The van der Waals surface area contributed by atoms with Gasteiger partial charge in [0.2, 0.25) is 0 Å². The van der Waals surface area contributed by atoms with E-state index in [0.29, 0.717) is 0 Å². The van der Waals surface area contributed by atoms with Crippen LogP contribution in [0.5, 0.6) is 0 Å². The van der Waals surface area contributed by atoms with Crippen molar-refractivity contribution in [2.45, 2.75) is 6.92 Å². The molecule has 0 amide bonds. The van der Waals surface area contributed by atoms with Crippen LogP contribution < -0.4 is 5.30 Å². The fourth-order valence-corrected chi connectivity index (χ4v) is 5.68. The highest BCUT2D eigenvalue weighted by atomic mass is 31.2. The van der Waals surface area contributed by atoms with E-state index in [1.165, 1.54) is 43.8 Å². The number of rotatable bonds is 5. The van der Waals surface area contributed by atoms with Crippen molar-refractivity contribution in [1.82, 2.24) is 0 Å². The van der Waals surface area contributed by atoms with E-state index < -0.39 is 7.14 Å². The van der Waals surface area contributed by atoms with Gasteiger partial charge in [-0.2, -0.15) is 0 Å². The van der Waals surface area contributed by atoms with Crippen LogP contribution in [-0.2, 0) is 4.57 Å². The van der Waals surface area contributed by atoms with Gasteiger partial charge in [-0.3, -0.25) is 0 Å². The summed E-state index contributed by atoms with van der Waals surface area (Å²) in [5.74, 6) is 0. The average Bonchev–Trinajstić information content (AvgIpc) is 2.87. The molecule has 0 spiro atoms. The Morgan fingerprint density at radius 2 is 1.14 bits per heavy atom. The minimum atomic E-state index is -2.30. The zero-order valence-electron chi connectivity index (χ0n) is 20.4. The number of benzene rings is 5. The van der Waals surface area contributed by atoms with Gasteiger partial charge in [0, 0.05) is 5.30 Å². The Hall–Kier alpha value is -3.67. The van der Waals surface area contributed by atoms with Crippen LogP contribution in [-0.4, -0.2) is 13.3 Å². The molecule has 0 aliphatic carbocycles. The monoisotopic (exact) mass is 472 g/mol. The highest BCUT2D eigenvalue weighted by Gasteiger charge is 2.17. The third kappa shape index (κ3) is 4.53. The summed E-state index contributed by atoms with van der Waals surface area (Å²) < 4.78 is 12.6. The molecule has 0 saturated heterocycles. The SMILES string of the molecule is C/C=C\C=C/c1cccc(-c2c3ccccc3c(-c3ccc(P(C)(C)=O)cc3)c3ccccc23)c1. The quantitative estimate of drug-likeness (QED) is 0.142. The summed E-state index contributed by atoms with van der Waals surface area (Å²) in [6.45, 7) is 5.67. The zero-order chi connectivity index (χ0) is 24.4. The normalized spacial score (nSPS) is 12.3. The lowest BCUT2D eigenvalue weighted by Gasteiger charge is -2.18. The molecule has 5 rings (SSSR count). The molecule has 35 heavy (non-hydrogen) atoms. The van der Waals surface area contributed by atoms with Crippen molar-refractivity contribution >= 4 is 40.1 Å². The fraction of sp³-hybridized carbons (Fsp3) is 0.0909. The average molecular weight is 473 g/mol. The summed E-state index contributed by atoms with van der Waals surface area (Å²) >= 11 is 0. The molecule has 0 saturated carbocycles. The van der Waals surface area contributed by atoms with Crippen molar-refractivity contribution in [3.63, 3.8) is 0 Å². The summed E-state index contributed by atoms with van der Waals surface area (Å²) in [4.78, 5) is 0. The van der Waals surface area contributed by atoms with Crippen molar-refractivity contribution in [1.29, 1.82) is 0 Å². The molecular formula is C33H29OP.